The zero-order chi connectivity index (χ0) is 20.2. The van der Waals surface area contributed by atoms with Crippen LogP contribution in [0.1, 0.15) is 11.6 Å². The van der Waals surface area contributed by atoms with Gasteiger partial charge in [0.25, 0.3) is 5.91 Å². The van der Waals surface area contributed by atoms with Crippen molar-refractivity contribution in [3.05, 3.63) is 101 Å². The minimum atomic E-state index is -0.780. The summed E-state index contributed by atoms with van der Waals surface area (Å²) in [4.78, 5) is 17.4. The first kappa shape index (κ1) is 19.1. The van der Waals surface area contributed by atoms with Gasteiger partial charge < -0.3 is 10.6 Å². The number of anilines is 2. The molecular weight excluding hydrogens is 433 g/mol. The van der Waals surface area contributed by atoms with E-state index < -0.39 is 11.9 Å². The maximum Gasteiger partial charge on any atom is 0.251 e. The van der Waals surface area contributed by atoms with E-state index in [9.17, 15) is 9.18 Å². The average molecular weight is 450 g/mol. The van der Waals surface area contributed by atoms with E-state index in [2.05, 4.69) is 31.5 Å². The van der Waals surface area contributed by atoms with Crippen LogP contribution in [0.25, 0.3) is 10.8 Å². The number of rotatable bonds is 5. The zero-order valence-corrected chi connectivity index (χ0v) is 16.9. The van der Waals surface area contributed by atoms with Crippen molar-refractivity contribution in [2.24, 2.45) is 0 Å². The van der Waals surface area contributed by atoms with Gasteiger partial charge in [0.05, 0.1) is 5.69 Å². The molecule has 1 atom stereocenters. The van der Waals surface area contributed by atoms with Crippen molar-refractivity contribution in [1.29, 1.82) is 0 Å². The van der Waals surface area contributed by atoms with Gasteiger partial charge in [-0.2, -0.15) is 0 Å². The van der Waals surface area contributed by atoms with Crippen molar-refractivity contribution in [2.45, 2.75) is 6.04 Å². The van der Waals surface area contributed by atoms with E-state index in [4.69, 9.17) is 0 Å². The van der Waals surface area contributed by atoms with Crippen LogP contribution < -0.4 is 10.6 Å². The molecular formula is C23H17BrFN3O. The maximum absolute atomic E-state index is 14.2. The number of fused-ring (bicyclic) bond motifs is 1. The second kappa shape index (κ2) is 8.41. The molecule has 0 radical (unpaired) electrons. The van der Waals surface area contributed by atoms with Crippen LogP contribution in [0, 0.1) is 5.82 Å². The number of amides is 1. The number of carbonyl (C=O) groups excluding carboxylic acids is 1. The first-order valence-corrected chi connectivity index (χ1v) is 9.81. The highest BCUT2D eigenvalue weighted by Crippen LogP contribution is 2.27. The molecule has 0 bridgehead atoms. The molecule has 2 N–H and O–H groups in total. The van der Waals surface area contributed by atoms with Gasteiger partial charge in [0.1, 0.15) is 11.9 Å². The molecule has 6 heteroatoms. The first-order chi connectivity index (χ1) is 14.1. The Balaban J connectivity index is 1.69. The van der Waals surface area contributed by atoms with E-state index in [1.165, 1.54) is 6.07 Å². The largest absolute Gasteiger partial charge is 0.368 e. The predicted octanol–water partition coefficient (Wildman–Crippen LogP) is 5.93. The van der Waals surface area contributed by atoms with E-state index in [-0.39, 0.29) is 11.6 Å². The number of pyridine rings is 1. The van der Waals surface area contributed by atoms with Crippen molar-refractivity contribution >= 4 is 44.0 Å². The van der Waals surface area contributed by atoms with Gasteiger partial charge >= 0.3 is 0 Å². The fourth-order valence-corrected chi connectivity index (χ4v) is 3.39. The number of benzene rings is 3. The molecule has 0 spiro atoms. The number of halogens is 2. The molecule has 0 aliphatic carbocycles. The number of nitrogens with zero attached hydrogens (tertiary/aromatic N) is 1. The monoisotopic (exact) mass is 449 g/mol. The normalized spacial score (nSPS) is 11.8. The third kappa shape index (κ3) is 4.27. The maximum atomic E-state index is 14.2. The van der Waals surface area contributed by atoms with E-state index in [1.807, 2.05) is 48.5 Å². The SMILES string of the molecule is O=C(Nc1cccc2cnccc12)C(Nc1ccccc1F)c1ccc(Br)cc1. The van der Waals surface area contributed by atoms with Crippen LogP contribution >= 0.6 is 15.9 Å². The number of nitrogens with one attached hydrogen (secondary N) is 2. The molecule has 4 nitrogen and oxygen atoms in total. The summed E-state index contributed by atoms with van der Waals surface area (Å²) < 4.78 is 15.1. The minimum Gasteiger partial charge on any atom is -0.368 e. The van der Waals surface area contributed by atoms with E-state index in [0.717, 1.165) is 20.8 Å². The molecule has 1 unspecified atom stereocenters. The van der Waals surface area contributed by atoms with Crippen molar-refractivity contribution in [1.82, 2.24) is 4.98 Å². The smallest absolute Gasteiger partial charge is 0.251 e. The van der Waals surface area contributed by atoms with Gasteiger partial charge in [0, 0.05) is 33.3 Å². The highest BCUT2D eigenvalue weighted by atomic mass is 79.9. The fourth-order valence-electron chi connectivity index (χ4n) is 3.13. The molecule has 1 amide bonds. The molecule has 0 aliphatic heterocycles. The Morgan fingerprint density at radius 3 is 2.48 bits per heavy atom. The van der Waals surface area contributed by atoms with Crippen LogP contribution in [0.15, 0.2) is 89.7 Å². The van der Waals surface area contributed by atoms with Gasteiger partial charge in [-0.05, 0) is 42.0 Å². The number of carbonyl (C=O) groups is 1. The zero-order valence-electron chi connectivity index (χ0n) is 15.3. The lowest BCUT2D eigenvalue weighted by Gasteiger charge is -2.21. The molecule has 0 saturated carbocycles. The number of hydrogen-bond donors (Lipinski definition) is 2. The van der Waals surface area contributed by atoms with E-state index in [1.54, 1.807) is 30.6 Å². The summed E-state index contributed by atoms with van der Waals surface area (Å²) >= 11 is 3.40. The summed E-state index contributed by atoms with van der Waals surface area (Å²) in [7, 11) is 0. The van der Waals surface area contributed by atoms with Crippen LogP contribution in [0.5, 0.6) is 0 Å². The summed E-state index contributed by atoms with van der Waals surface area (Å²) in [6.45, 7) is 0. The Morgan fingerprint density at radius 2 is 1.69 bits per heavy atom. The number of para-hydroxylation sites is 1. The van der Waals surface area contributed by atoms with Gasteiger partial charge in [-0.15, -0.1) is 0 Å². The summed E-state index contributed by atoms with van der Waals surface area (Å²) in [5.74, 6) is -0.710. The van der Waals surface area contributed by atoms with Gasteiger partial charge in [-0.1, -0.05) is 52.3 Å². The molecule has 0 saturated heterocycles. The van der Waals surface area contributed by atoms with Crippen LogP contribution in [0.4, 0.5) is 15.8 Å². The highest BCUT2D eigenvalue weighted by Gasteiger charge is 2.22. The molecule has 1 heterocycles. The average Bonchev–Trinajstić information content (AvgIpc) is 2.74. The van der Waals surface area contributed by atoms with Crippen molar-refractivity contribution in [2.75, 3.05) is 10.6 Å². The molecule has 4 aromatic rings. The Kier molecular flexibility index (Phi) is 5.53. The lowest BCUT2D eigenvalue weighted by Crippen LogP contribution is -2.27. The third-order valence-electron chi connectivity index (χ3n) is 4.58. The van der Waals surface area contributed by atoms with Crippen molar-refractivity contribution in [3.8, 4) is 0 Å². The second-order valence-electron chi connectivity index (χ2n) is 6.50. The van der Waals surface area contributed by atoms with Crippen LogP contribution in [-0.2, 0) is 4.79 Å². The second-order valence-corrected chi connectivity index (χ2v) is 7.42. The highest BCUT2D eigenvalue weighted by molar-refractivity contribution is 9.10. The van der Waals surface area contributed by atoms with Crippen LogP contribution in [0.3, 0.4) is 0 Å². The molecule has 0 aliphatic rings. The Morgan fingerprint density at radius 1 is 0.931 bits per heavy atom. The summed E-state index contributed by atoms with van der Waals surface area (Å²) in [6, 6.07) is 20.4. The number of aromatic nitrogens is 1. The van der Waals surface area contributed by atoms with Crippen molar-refractivity contribution in [3.63, 3.8) is 0 Å². The van der Waals surface area contributed by atoms with E-state index >= 15 is 0 Å². The van der Waals surface area contributed by atoms with Gasteiger partial charge in [-0.3, -0.25) is 9.78 Å². The summed E-state index contributed by atoms with van der Waals surface area (Å²) in [5.41, 5.74) is 1.65. The molecule has 0 fully saturated rings. The van der Waals surface area contributed by atoms with Gasteiger partial charge in [0.15, 0.2) is 0 Å². The van der Waals surface area contributed by atoms with Crippen molar-refractivity contribution < 1.29 is 9.18 Å². The lowest BCUT2D eigenvalue weighted by molar-refractivity contribution is -0.117. The van der Waals surface area contributed by atoms with E-state index in [0.29, 0.717) is 5.69 Å². The first-order valence-electron chi connectivity index (χ1n) is 9.02. The predicted molar refractivity (Wildman–Crippen MR) is 117 cm³/mol. The van der Waals surface area contributed by atoms with Crippen LogP contribution in [0.2, 0.25) is 0 Å². The Hall–Kier alpha value is -3.25. The number of hydrogen-bond acceptors (Lipinski definition) is 3. The third-order valence-corrected chi connectivity index (χ3v) is 5.11. The molecule has 4 rings (SSSR count). The quantitative estimate of drug-likeness (QED) is 0.397. The molecule has 3 aromatic carbocycles. The molecule has 29 heavy (non-hydrogen) atoms. The Labute approximate surface area is 175 Å². The molecule has 1 aromatic heterocycles. The molecule has 144 valence electrons. The Bertz CT molecular complexity index is 1160. The lowest BCUT2D eigenvalue weighted by atomic mass is 10.0. The topological polar surface area (TPSA) is 54.0 Å². The standard InChI is InChI=1S/C23H17BrFN3O/c24-17-10-8-15(9-11-17)22(27-21-6-2-1-5-19(21)25)23(29)28-20-7-3-4-16-14-26-13-12-18(16)20/h1-14,22,27H,(H,28,29). The van der Waals surface area contributed by atoms with Crippen LogP contribution in [-0.4, -0.2) is 10.9 Å². The minimum absolute atomic E-state index is 0.262. The summed E-state index contributed by atoms with van der Waals surface area (Å²) in [6.07, 6.45) is 3.43. The van der Waals surface area contributed by atoms with Gasteiger partial charge in [-0.25, -0.2) is 4.39 Å². The van der Waals surface area contributed by atoms with Gasteiger partial charge in [0.2, 0.25) is 0 Å². The summed E-state index contributed by atoms with van der Waals surface area (Å²) in [5, 5.41) is 7.82. The fraction of sp³-hybridized carbons (Fsp3) is 0.0435.